The van der Waals surface area contributed by atoms with Gasteiger partial charge in [-0.15, -0.1) is 0 Å². The van der Waals surface area contributed by atoms with Gasteiger partial charge in [0.2, 0.25) is 0 Å². The summed E-state index contributed by atoms with van der Waals surface area (Å²) < 4.78 is 6.37. The Bertz CT molecular complexity index is 715. The first kappa shape index (κ1) is 13.9. The number of rotatable bonds is 2. The fourth-order valence-electron chi connectivity index (χ4n) is 2.45. The highest BCUT2D eigenvalue weighted by Gasteiger charge is 2.26. The quantitative estimate of drug-likeness (QED) is 0.820. The molecule has 0 radical (unpaired) electrons. The summed E-state index contributed by atoms with van der Waals surface area (Å²) in [5, 5.41) is 3.01. The molecule has 0 spiro atoms. The van der Waals surface area contributed by atoms with Crippen molar-refractivity contribution in [1.82, 2.24) is 5.32 Å². The number of carbonyl (C=O) groups excluding carboxylic acids is 1. The minimum atomic E-state index is -0.147. The molecule has 0 aliphatic carbocycles. The van der Waals surface area contributed by atoms with Gasteiger partial charge in [-0.1, -0.05) is 34.1 Å². The first-order valence-electron chi connectivity index (χ1n) is 6.64. The minimum absolute atomic E-state index is 0.131. The number of halogens is 1. The van der Waals surface area contributed by atoms with Crippen LogP contribution in [0.2, 0.25) is 0 Å². The second-order valence-electron chi connectivity index (χ2n) is 5.04. The number of nitrogens with two attached hydrogens (primary N) is 1. The van der Waals surface area contributed by atoms with E-state index in [1.54, 1.807) is 12.1 Å². The van der Waals surface area contributed by atoms with E-state index in [4.69, 9.17) is 10.5 Å². The highest BCUT2D eigenvalue weighted by molar-refractivity contribution is 9.10. The van der Waals surface area contributed by atoms with E-state index in [0.29, 0.717) is 17.9 Å². The van der Waals surface area contributed by atoms with Crippen molar-refractivity contribution in [3.8, 4) is 5.75 Å². The van der Waals surface area contributed by atoms with Crippen molar-refractivity contribution in [1.29, 1.82) is 0 Å². The molecular formula is C16H15BrN2O2. The van der Waals surface area contributed by atoms with Crippen LogP contribution in [0.5, 0.6) is 5.75 Å². The lowest BCUT2D eigenvalue weighted by Crippen LogP contribution is -2.30. The highest BCUT2D eigenvalue weighted by atomic mass is 79.9. The molecule has 4 nitrogen and oxygen atoms in total. The molecule has 2 aromatic carbocycles. The molecule has 2 aromatic rings. The van der Waals surface area contributed by atoms with E-state index in [0.717, 1.165) is 21.3 Å². The lowest BCUT2D eigenvalue weighted by atomic mass is 10.0. The molecule has 0 bridgehead atoms. The van der Waals surface area contributed by atoms with E-state index in [-0.39, 0.29) is 11.9 Å². The molecule has 0 aromatic heterocycles. The third-order valence-corrected chi connectivity index (χ3v) is 4.12. The lowest BCUT2D eigenvalue weighted by molar-refractivity contribution is 0.0929. The third-order valence-electron chi connectivity index (χ3n) is 3.66. The van der Waals surface area contributed by atoms with Gasteiger partial charge >= 0.3 is 0 Å². The van der Waals surface area contributed by atoms with Gasteiger partial charge in [-0.3, -0.25) is 4.79 Å². The SMILES string of the molecule is Cc1c(N)cc(Br)cc1C(=O)NC1COc2ccccc21. The second-order valence-corrected chi connectivity index (χ2v) is 5.96. The Morgan fingerprint density at radius 3 is 2.95 bits per heavy atom. The number of anilines is 1. The van der Waals surface area contributed by atoms with Crippen LogP contribution in [0.15, 0.2) is 40.9 Å². The van der Waals surface area contributed by atoms with Crippen LogP contribution in [-0.4, -0.2) is 12.5 Å². The monoisotopic (exact) mass is 346 g/mol. The number of carbonyl (C=O) groups is 1. The van der Waals surface area contributed by atoms with Crippen LogP contribution in [-0.2, 0) is 0 Å². The van der Waals surface area contributed by atoms with Gasteiger partial charge in [-0.05, 0) is 30.7 Å². The van der Waals surface area contributed by atoms with Gasteiger partial charge in [0, 0.05) is 21.3 Å². The van der Waals surface area contributed by atoms with Crippen molar-refractivity contribution in [2.24, 2.45) is 0 Å². The first-order valence-corrected chi connectivity index (χ1v) is 7.44. The van der Waals surface area contributed by atoms with Crippen molar-refractivity contribution in [3.63, 3.8) is 0 Å². The Morgan fingerprint density at radius 2 is 2.14 bits per heavy atom. The average molecular weight is 347 g/mol. The zero-order valence-electron chi connectivity index (χ0n) is 11.5. The smallest absolute Gasteiger partial charge is 0.252 e. The average Bonchev–Trinajstić information content (AvgIpc) is 2.86. The Labute approximate surface area is 131 Å². The van der Waals surface area contributed by atoms with Crippen LogP contribution in [0, 0.1) is 6.92 Å². The first-order chi connectivity index (χ1) is 10.1. The molecule has 108 valence electrons. The zero-order chi connectivity index (χ0) is 15.0. The van der Waals surface area contributed by atoms with Crippen molar-refractivity contribution in [2.75, 3.05) is 12.3 Å². The van der Waals surface area contributed by atoms with Gasteiger partial charge in [0.1, 0.15) is 12.4 Å². The number of amides is 1. The van der Waals surface area contributed by atoms with Crippen LogP contribution in [0.1, 0.15) is 27.5 Å². The van der Waals surface area contributed by atoms with Crippen LogP contribution in [0.25, 0.3) is 0 Å². The standard InChI is InChI=1S/C16H15BrN2O2/c1-9-12(6-10(17)7-13(9)18)16(20)19-14-8-21-15-5-3-2-4-11(14)15/h2-7,14H,8,18H2,1H3,(H,19,20). The summed E-state index contributed by atoms with van der Waals surface area (Å²) in [5.41, 5.74) is 8.87. The second kappa shape index (κ2) is 5.41. The van der Waals surface area contributed by atoms with E-state index in [1.165, 1.54) is 0 Å². The van der Waals surface area contributed by atoms with Gasteiger partial charge in [0.15, 0.2) is 0 Å². The molecule has 0 saturated carbocycles. The molecule has 21 heavy (non-hydrogen) atoms. The molecule has 1 aliphatic heterocycles. The summed E-state index contributed by atoms with van der Waals surface area (Å²) in [6.07, 6.45) is 0. The van der Waals surface area contributed by atoms with E-state index >= 15 is 0 Å². The molecule has 1 atom stereocenters. The van der Waals surface area contributed by atoms with Gasteiger partial charge in [0.05, 0.1) is 6.04 Å². The number of nitrogen functional groups attached to an aromatic ring is 1. The number of nitrogens with one attached hydrogen (secondary N) is 1. The van der Waals surface area contributed by atoms with Crippen LogP contribution >= 0.6 is 15.9 Å². The maximum atomic E-state index is 12.5. The molecule has 0 saturated heterocycles. The normalized spacial score (nSPS) is 16.2. The van der Waals surface area contributed by atoms with Crippen LogP contribution < -0.4 is 15.8 Å². The van der Waals surface area contributed by atoms with E-state index in [2.05, 4.69) is 21.2 Å². The predicted octanol–water partition coefficient (Wildman–Crippen LogP) is 3.20. The molecule has 1 heterocycles. The number of ether oxygens (including phenoxy) is 1. The van der Waals surface area contributed by atoms with Crippen molar-refractivity contribution >= 4 is 27.5 Å². The maximum absolute atomic E-state index is 12.5. The molecule has 1 amide bonds. The van der Waals surface area contributed by atoms with Crippen molar-refractivity contribution < 1.29 is 9.53 Å². The number of para-hydroxylation sites is 1. The van der Waals surface area contributed by atoms with Gasteiger partial charge < -0.3 is 15.8 Å². The number of fused-ring (bicyclic) bond motifs is 1. The van der Waals surface area contributed by atoms with Crippen molar-refractivity contribution in [3.05, 3.63) is 57.6 Å². The number of hydrogen-bond acceptors (Lipinski definition) is 3. The van der Waals surface area contributed by atoms with Crippen molar-refractivity contribution in [2.45, 2.75) is 13.0 Å². The predicted molar refractivity (Wildman–Crippen MR) is 85.4 cm³/mol. The Balaban J connectivity index is 1.85. The fourth-order valence-corrected chi connectivity index (χ4v) is 2.93. The van der Waals surface area contributed by atoms with E-state index in [1.807, 2.05) is 31.2 Å². The molecular weight excluding hydrogens is 332 g/mol. The number of hydrogen-bond donors (Lipinski definition) is 2. The molecule has 5 heteroatoms. The minimum Gasteiger partial charge on any atom is -0.491 e. The summed E-state index contributed by atoms with van der Waals surface area (Å²) in [6, 6.07) is 11.2. The van der Waals surface area contributed by atoms with Gasteiger partial charge in [-0.2, -0.15) is 0 Å². The summed E-state index contributed by atoms with van der Waals surface area (Å²) in [4.78, 5) is 12.5. The summed E-state index contributed by atoms with van der Waals surface area (Å²) in [6.45, 7) is 2.30. The summed E-state index contributed by atoms with van der Waals surface area (Å²) >= 11 is 3.37. The Hall–Kier alpha value is -2.01. The van der Waals surface area contributed by atoms with Gasteiger partial charge in [0.25, 0.3) is 5.91 Å². The molecule has 1 aliphatic rings. The maximum Gasteiger partial charge on any atom is 0.252 e. The third kappa shape index (κ3) is 2.61. The van der Waals surface area contributed by atoms with Gasteiger partial charge in [-0.25, -0.2) is 0 Å². The molecule has 3 rings (SSSR count). The summed E-state index contributed by atoms with van der Waals surface area (Å²) in [7, 11) is 0. The highest BCUT2D eigenvalue weighted by Crippen LogP contribution is 2.32. The topological polar surface area (TPSA) is 64.4 Å². The molecule has 0 fully saturated rings. The van der Waals surface area contributed by atoms with E-state index < -0.39 is 0 Å². The van der Waals surface area contributed by atoms with Crippen LogP contribution in [0.4, 0.5) is 5.69 Å². The zero-order valence-corrected chi connectivity index (χ0v) is 13.1. The Morgan fingerprint density at radius 1 is 1.38 bits per heavy atom. The lowest BCUT2D eigenvalue weighted by Gasteiger charge is -2.14. The Kier molecular flexibility index (Phi) is 3.59. The summed E-state index contributed by atoms with van der Waals surface area (Å²) in [5.74, 6) is 0.680. The largest absolute Gasteiger partial charge is 0.491 e. The molecule has 3 N–H and O–H groups in total. The van der Waals surface area contributed by atoms with E-state index in [9.17, 15) is 4.79 Å². The van der Waals surface area contributed by atoms with Crippen LogP contribution in [0.3, 0.4) is 0 Å². The fraction of sp³-hybridized carbons (Fsp3) is 0.188. The number of benzene rings is 2. The molecule has 1 unspecified atom stereocenters.